The maximum atomic E-state index is 12.4. The van der Waals surface area contributed by atoms with Crippen molar-refractivity contribution in [2.45, 2.75) is 37.9 Å². The van der Waals surface area contributed by atoms with Gasteiger partial charge in [-0.1, -0.05) is 11.8 Å². The van der Waals surface area contributed by atoms with Gasteiger partial charge >= 0.3 is 0 Å². The van der Waals surface area contributed by atoms with E-state index in [9.17, 15) is 4.79 Å². The molecule has 3 heterocycles. The van der Waals surface area contributed by atoms with E-state index in [2.05, 4.69) is 14.9 Å². The number of carbonyl (C=O) groups is 1. The maximum absolute atomic E-state index is 12.4. The number of thioether (sulfide) groups is 1. The summed E-state index contributed by atoms with van der Waals surface area (Å²) in [5.74, 6) is 0.591. The molecule has 3 rings (SSSR count). The molecule has 2 aliphatic heterocycles. The average molecular weight is 350 g/mol. The van der Waals surface area contributed by atoms with Crippen LogP contribution in [0.2, 0.25) is 0 Å². The molecule has 24 heavy (non-hydrogen) atoms. The van der Waals surface area contributed by atoms with E-state index in [-0.39, 0.29) is 5.91 Å². The van der Waals surface area contributed by atoms with E-state index in [1.165, 1.54) is 24.6 Å². The van der Waals surface area contributed by atoms with Gasteiger partial charge in [0.25, 0.3) is 0 Å². The number of amides is 1. The van der Waals surface area contributed by atoms with Crippen LogP contribution in [-0.4, -0.2) is 76.9 Å². The Labute approximate surface area is 148 Å². The van der Waals surface area contributed by atoms with Gasteiger partial charge in [-0.2, -0.15) is 0 Å². The number of hydrogen-bond donors (Lipinski definition) is 0. The lowest BCUT2D eigenvalue weighted by atomic mass is 10.2. The molecule has 6 nitrogen and oxygen atoms in total. The third-order valence-corrected chi connectivity index (χ3v) is 5.33. The highest BCUT2D eigenvalue weighted by molar-refractivity contribution is 7.99. The minimum atomic E-state index is 0.180. The van der Waals surface area contributed by atoms with Crippen LogP contribution < -0.4 is 0 Å². The molecule has 0 saturated carbocycles. The molecule has 1 aromatic heterocycles. The van der Waals surface area contributed by atoms with Crippen LogP contribution in [-0.2, 0) is 9.53 Å². The van der Waals surface area contributed by atoms with Crippen LogP contribution in [0.4, 0.5) is 0 Å². The fraction of sp³-hybridized carbons (Fsp3) is 0.706. The second kappa shape index (κ2) is 8.27. The first-order valence-corrected chi connectivity index (χ1v) is 9.65. The van der Waals surface area contributed by atoms with Crippen LogP contribution in [0.15, 0.2) is 11.2 Å². The van der Waals surface area contributed by atoms with Gasteiger partial charge in [-0.15, -0.1) is 0 Å². The highest BCUT2D eigenvalue weighted by Crippen LogP contribution is 2.17. The molecule has 1 amide bonds. The van der Waals surface area contributed by atoms with Crippen molar-refractivity contribution in [1.82, 2.24) is 19.8 Å². The van der Waals surface area contributed by atoms with Crippen molar-refractivity contribution in [3.05, 3.63) is 17.5 Å². The Morgan fingerprint density at radius 3 is 2.58 bits per heavy atom. The second-order valence-corrected chi connectivity index (χ2v) is 7.48. The number of rotatable bonds is 5. The number of carbonyl (C=O) groups excluding carboxylic acids is 1. The quantitative estimate of drug-likeness (QED) is 0.593. The Hall–Kier alpha value is -1.18. The molecule has 132 valence electrons. The Kier molecular flexibility index (Phi) is 6.08. The van der Waals surface area contributed by atoms with E-state index in [4.69, 9.17) is 4.74 Å². The van der Waals surface area contributed by atoms with Crippen LogP contribution in [0.1, 0.15) is 24.2 Å². The minimum absolute atomic E-state index is 0.180. The first-order chi connectivity index (χ1) is 11.6. The number of aromatic nitrogens is 2. The zero-order chi connectivity index (χ0) is 16.9. The molecule has 0 aliphatic carbocycles. The van der Waals surface area contributed by atoms with Gasteiger partial charge in [0.1, 0.15) is 0 Å². The zero-order valence-electron chi connectivity index (χ0n) is 14.5. The Balaban J connectivity index is 1.41. The molecule has 2 fully saturated rings. The number of hydrogen-bond acceptors (Lipinski definition) is 6. The van der Waals surface area contributed by atoms with Gasteiger partial charge < -0.3 is 9.64 Å². The Bertz CT molecular complexity index is 549. The molecular formula is C17H26N4O2S. The van der Waals surface area contributed by atoms with E-state index in [1.807, 2.05) is 24.8 Å². The van der Waals surface area contributed by atoms with Crippen LogP contribution in [0.25, 0.3) is 0 Å². The van der Waals surface area contributed by atoms with Gasteiger partial charge in [0.2, 0.25) is 5.91 Å². The molecule has 1 atom stereocenters. The Morgan fingerprint density at radius 1 is 1.25 bits per heavy atom. The fourth-order valence-corrected chi connectivity index (χ4v) is 4.08. The van der Waals surface area contributed by atoms with Crippen LogP contribution >= 0.6 is 11.8 Å². The number of ether oxygens (including phenoxy) is 1. The van der Waals surface area contributed by atoms with Crippen molar-refractivity contribution < 1.29 is 9.53 Å². The lowest BCUT2D eigenvalue weighted by molar-refractivity contribution is -0.130. The summed E-state index contributed by atoms with van der Waals surface area (Å²) in [5.41, 5.74) is 1.89. The normalized spacial score (nSPS) is 22.1. The minimum Gasteiger partial charge on any atom is -0.377 e. The molecule has 0 spiro atoms. The zero-order valence-corrected chi connectivity index (χ0v) is 15.3. The molecule has 2 aliphatic rings. The van der Waals surface area contributed by atoms with Gasteiger partial charge in [-0.25, -0.2) is 9.97 Å². The van der Waals surface area contributed by atoms with E-state index in [0.29, 0.717) is 17.0 Å². The van der Waals surface area contributed by atoms with Gasteiger partial charge in [-0.05, 0) is 32.8 Å². The highest BCUT2D eigenvalue weighted by atomic mass is 32.2. The van der Waals surface area contributed by atoms with Crippen LogP contribution in [0, 0.1) is 13.8 Å². The monoisotopic (exact) mass is 350 g/mol. The van der Waals surface area contributed by atoms with Crippen molar-refractivity contribution in [2.75, 3.05) is 45.1 Å². The van der Waals surface area contributed by atoms with Gasteiger partial charge in [0.15, 0.2) is 5.16 Å². The maximum Gasteiger partial charge on any atom is 0.233 e. The van der Waals surface area contributed by atoms with E-state index in [1.54, 1.807) is 0 Å². The molecule has 0 radical (unpaired) electrons. The summed E-state index contributed by atoms with van der Waals surface area (Å²) in [6.07, 6.45) is 2.75. The fourth-order valence-electron chi connectivity index (χ4n) is 3.23. The summed E-state index contributed by atoms with van der Waals surface area (Å²) in [7, 11) is 0. The lowest BCUT2D eigenvalue weighted by Gasteiger charge is -2.35. The van der Waals surface area contributed by atoms with E-state index < -0.39 is 0 Å². The topological polar surface area (TPSA) is 58.6 Å². The summed E-state index contributed by atoms with van der Waals surface area (Å²) in [6, 6.07) is 1.94. The van der Waals surface area contributed by atoms with Crippen molar-refractivity contribution >= 4 is 17.7 Å². The molecule has 0 unspecified atom stereocenters. The van der Waals surface area contributed by atoms with Gasteiger partial charge in [-0.3, -0.25) is 9.69 Å². The molecule has 0 N–H and O–H groups in total. The van der Waals surface area contributed by atoms with Crippen molar-refractivity contribution in [3.8, 4) is 0 Å². The summed E-state index contributed by atoms with van der Waals surface area (Å²) < 4.78 is 5.70. The smallest absolute Gasteiger partial charge is 0.233 e. The molecule has 0 aromatic carbocycles. The molecule has 1 aromatic rings. The van der Waals surface area contributed by atoms with Crippen LogP contribution in [0.5, 0.6) is 0 Å². The summed E-state index contributed by atoms with van der Waals surface area (Å²) in [4.78, 5) is 25.5. The first-order valence-electron chi connectivity index (χ1n) is 8.67. The molecule has 2 saturated heterocycles. The van der Waals surface area contributed by atoms with Gasteiger partial charge in [0, 0.05) is 50.7 Å². The molecule has 7 heteroatoms. The second-order valence-electron chi connectivity index (χ2n) is 6.54. The predicted octanol–water partition coefficient (Wildman–Crippen LogP) is 1.51. The van der Waals surface area contributed by atoms with Crippen molar-refractivity contribution in [3.63, 3.8) is 0 Å². The standard InChI is InChI=1S/C17H26N4O2S/c1-13-10-14(2)19-17(18-13)24-12-16(22)21-7-5-20(6-8-21)11-15-4-3-9-23-15/h10,15H,3-9,11-12H2,1-2H3/t15-/m0/s1. The Morgan fingerprint density at radius 2 is 1.96 bits per heavy atom. The number of nitrogens with zero attached hydrogens (tertiary/aromatic N) is 4. The number of piperazine rings is 1. The molecular weight excluding hydrogens is 324 g/mol. The number of aryl methyl sites for hydroxylation is 2. The SMILES string of the molecule is Cc1cc(C)nc(SCC(=O)N2CCN(C[C@@H]3CCCO3)CC2)n1. The van der Waals surface area contributed by atoms with Gasteiger partial charge in [0.05, 0.1) is 11.9 Å². The van der Waals surface area contributed by atoms with Crippen molar-refractivity contribution in [1.29, 1.82) is 0 Å². The van der Waals surface area contributed by atoms with E-state index >= 15 is 0 Å². The average Bonchev–Trinajstić information content (AvgIpc) is 3.05. The summed E-state index contributed by atoms with van der Waals surface area (Å²) in [5, 5.41) is 0.692. The highest BCUT2D eigenvalue weighted by Gasteiger charge is 2.24. The molecule has 0 bridgehead atoms. The van der Waals surface area contributed by atoms with E-state index in [0.717, 1.165) is 50.7 Å². The summed E-state index contributed by atoms with van der Waals surface area (Å²) in [6.45, 7) is 9.31. The largest absolute Gasteiger partial charge is 0.377 e. The third-order valence-electron chi connectivity index (χ3n) is 4.50. The first kappa shape index (κ1) is 17.6. The third kappa shape index (κ3) is 4.91. The lowest BCUT2D eigenvalue weighted by Crippen LogP contribution is -2.50. The van der Waals surface area contributed by atoms with Crippen molar-refractivity contribution in [2.24, 2.45) is 0 Å². The van der Waals surface area contributed by atoms with Crippen LogP contribution in [0.3, 0.4) is 0 Å². The summed E-state index contributed by atoms with van der Waals surface area (Å²) >= 11 is 1.43. The predicted molar refractivity (Wildman–Crippen MR) is 94.2 cm³/mol.